The molecule has 3 N–H and O–H groups in total. The number of H-pyrrole nitrogens is 1. The van der Waals surface area contributed by atoms with Gasteiger partial charge in [0, 0.05) is 17.3 Å². The van der Waals surface area contributed by atoms with Gasteiger partial charge >= 0.3 is 0 Å². The summed E-state index contributed by atoms with van der Waals surface area (Å²) in [5, 5.41) is 29.4. The van der Waals surface area contributed by atoms with Crippen LogP contribution in [0.3, 0.4) is 0 Å². The molecule has 0 fully saturated rings. The SMILES string of the molecule is O=[N+]([O-])c1cccc2[nH]c(CO)c(CO)c12. The van der Waals surface area contributed by atoms with Crippen LogP contribution in [0.15, 0.2) is 18.2 Å². The number of nitro groups is 1. The molecule has 6 nitrogen and oxygen atoms in total. The minimum Gasteiger partial charge on any atom is -0.392 e. The first-order valence-corrected chi connectivity index (χ1v) is 4.67. The molecule has 2 aromatic rings. The van der Waals surface area contributed by atoms with E-state index in [0.29, 0.717) is 22.2 Å². The lowest BCUT2D eigenvalue weighted by atomic mass is 10.1. The lowest BCUT2D eigenvalue weighted by Crippen LogP contribution is -1.93. The Balaban J connectivity index is 2.84. The molecule has 0 aliphatic carbocycles. The Bertz CT molecular complexity index is 547. The molecule has 1 aromatic heterocycles. The highest BCUT2D eigenvalue weighted by Gasteiger charge is 2.19. The van der Waals surface area contributed by atoms with Gasteiger partial charge in [-0.3, -0.25) is 10.1 Å². The molecule has 0 amide bonds. The summed E-state index contributed by atoms with van der Waals surface area (Å²) in [5.41, 5.74) is 1.26. The first kappa shape index (κ1) is 10.6. The molecule has 0 radical (unpaired) electrons. The van der Waals surface area contributed by atoms with Crippen LogP contribution >= 0.6 is 0 Å². The van der Waals surface area contributed by atoms with Crippen molar-refractivity contribution in [1.82, 2.24) is 4.98 Å². The van der Waals surface area contributed by atoms with Gasteiger partial charge in [0.1, 0.15) is 0 Å². The Labute approximate surface area is 90.3 Å². The van der Waals surface area contributed by atoms with E-state index in [0.717, 1.165) is 0 Å². The van der Waals surface area contributed by atoms with E-state index in [4.69, 9.17) is 5.11 Å². The van der Waals surface area contributed by atoms with Gasteiger partial charge in [0.15, 0.2) is 0 Å². The molecule has 0 saturated heterocycles. The standard InChI is InChI=1S/C10H10N2O4/c13-4-6-8(5-14)11-7-2-1-3-9(10(6)7)12(15)16/h1-3,11,13-14H,4-5H2. The summed E-state index contributed by atoms with van der Waals surface area (Å²) < 4.78 is 0. The van der Waals surface area contributed by atoms with E-state index in [1.165, 1.54) is 6.07 Å². The highest BCUT2D eigenvalue weighted by atomic mass is 16.6. The fourth-order valence-electron chi connectivity index (χ4n) is 1.81. The van der Waals surface area contributed by atoms with Gasteiger partial charge in [-0.25, -0.2) is 0 Å². The number of non-ortho nitro benzene ring substituents is 1. The largest absolute Gasteiger partial charge is 0.392 e. The van der Waals surface area contributed by atoms with Crippen LogP contribution in [0.2, 0.25) is 0 Å². The van der Waals surface area contributed by atoms with Crippen LogP contribution in [0.5, 0.6) is 0 Å². The van der Waals surface area contributed by atoms with Gasteiger partial charge in [-0.1, -0.05) is 6.07 Å². The fraction of sp³-hybridized carbons (Fsp3) is 0.200. The number of benzene rings is 1. The van der Waals surface area contributed by atoms with Gasteiger partial charge in [-0.2, -0.15) is 0 Å². The first-order valence-electron chi connectivity index (χ1n) is 4.67. The maximum atomic E-state index is 10.8. The summed E-state index contributed by atoms with van der Waals surface area (Å²) in [5.74, 6) is 0. The van der Waals surface area contributed by atoms with Gasteiger partial charge in [0.25, 0.3) is 5.69 Å². The maximum Gasteiger partial charge on any atom is 0.279 e. The summed E-state index contributed by atoms with van der Waals surface area (Å²) in [4.78, 5) is 13.2. The first-order chi connectivity index (χ1) is 7.69. The zero-order valence-electron chi connectivity index (χ0n) is 8.30. The summed E-state index contributed by atoms with van der Waals surface area (Å²) in [7, 11) is 0. The molecule has 0 aliphatic rings. The summed E-state index contributed by atoms with van der Waals surface area (Å²) in [6.07, 6.45) is 0. The lowest BCUT2D eigenvalue weighted by molar-refractivity contribution is -0.383. The molecule has 0 atom stereocenters. The number of aliphatic hydroxyl groups excluding tert-OH is 2. The van der Waals surface area contributed by atoms with Crippen molar-refractivity contribution >= 4 is 16.6 Å². The van der Waals surface area contributed by atoms with Crippen LogP contribution in [0.25, 0.3) is 10.9 Å². The second-order valence-corrected chi connectivity index (χ2v) is 3.36. The highest BCUT2D eigenvalue weighted by molar-refractivity contribution is 5.92. The third kappa shape index (κ3) is 1.44. The third-order valence-corrected chi connectivity index (χ3v) is 2.51. The van der Waals surface area contributed by atoms with E-state index in [9.17, 15) is 15.2 Å². The maximum absolute atomic E-state index is 10.8. The number of hydrogen-bond donors (Lipinski definition) is 3. The van der Waals surface area contributed by atoms with Crippen molar-refractivity contribution in [2.75, 3.05) is 0 Å². The van der Waals surface area contributed by atoms with E-state index in [1.54, 1.807) is 12.1 Å². The highest BCUT2D eigenvalue weighted by Crippen LogP contribution is 2.30. The number of fused-ring (bicyclic) bond motifs is 1. The molecule has 0 spiro atoms. The van der Waals surface area contributed by atoms with Gasteiger partial charge in [0.05, 0.1) is 29.0 Å². The number of nitro benzene ring substituents is 1. The van der Waals surface area contributed by atoms with Gasteiger partial charge in [-0.05, 0) is 6.07 Å². The summed E-state index contributed by atoms with van der Waals surface area (Å²) >= 11 is 0. The number of aromatic amines is 1. The summed E-state index contributed by atoms with van der Waals surface area (Å²) in [6.45, 7) is -0.636. The fourth-order valence-corrected chi connectivity index (χ4v) is 1.81. The quantitative estimate of drug-likeness (QED) is 0.534. The molecule has 2 rings (SSSR count). The zero-order valence-corrected chi connectivity index (χ0v) is 8.30. The minimum atomic E-state index is -0.503. The van der Waals surface area contributed by atoms with Crippen LogP contribution in [0.1, 0.15) is 11.3 Å². The van der Waals surface area contributed by atoms with E-state index in [2.05, 4.69) is 4.98 Å². The molecular weight excluding hydrogens is 212 g/mol. The normalized spacial score (nSPS) is 10.9. The Morgan fingerprint density at radius 3 is 2.62 bits per heavy atom. The molecule has 0 saturated carbocycles. The van der Waals surface area contributed by atoms with Crippen molar-refractivity contribution in [3.8, 4) is 0 Å². The van der Waals surface area contributed by atoms with E-state index in [-0.39, 0.29) is 18.9 Å². The second-order valence-electron chi connectivity index (χ2n) is 3.36. The molecule has 84 valence electrons. The van der Waals surface area contributed by atoms with Crippen LogP contribution in [0.4, 0.5) is 5.69 Å². The van der Waals surface area contributed by atoms with Gasteiger partial charge in [-0.15, -0.1) is 0 Å². The van der Waals surface area contributed by atoms with E-state index >= 15 is 0 Å². The smallest absolute Gasteiger partial charge is 0.279 e. The molecule has 1 aromatic carbocycles. The molecule has 0 unspecified atom stereocenters. The lowest BCUT2D eigenvalue weighted by Gasteiger charge is -1.97. The molecule has 16 heavy (non-hydrogen) atoms. The number of nitrogens with one attached hydrogen (secondary N) is 1. The van der Waals surface area contributed by atoms with Crippen molar-refractivity contribution in [1.29, 1.82) is 0 Å². The number of aliphatic hydroxyl groups is 2. The average Bonchev–Trinajstić information content (AvgIpc) is 2.65. The van der Waals surface area contributed by atoms with Gasteiger partial charge < -0.3 is 15.2 Å². The Kier molecular flexibility index (Phi) is 2.59. The minimum absolute atomic E-state index is 0.0718. The van der Waals surface area contributed by atoms with E-state index in [1.807, 2.05) is 0 Å². The van der Waals surface area contributed by atoms with Crippen LogP contribution in [-0.4, -0.2) is 20.1 Å². The number of rotatable bonds is 3. The van der Waals surface area contributed by atoms with Crippen LogP contribution in [0, 0.1) is 10.1 Å². The van der Waals surface area contributed by atoms with Crippen molar-refractivity contribution in [3.63, 3.8) is 0 Å². The van der Waals surface area contributed by atoms with Crippen LogP contribution < -0.4 is 0 Å². The van der Waals surface area contributed by atoms with Crippen molar-refractivity contribution in [2.24, 2.45) is 0 Å². The second kappa shape index (κ2) is 3.92. The van der Waals surface area contributed by atoms with Gasteiger partial charge in [0.2, 0.25) is 0 Å². The number of hydrogen-bond acceptors (Lipinski definition) is 4. The van der Waals surface area contributed by atoms with Crippen molar-refractivity contribution in [3.05, 3.63) is 39.6 Å². The zero-order chi connectivity index (χ0) is 11.7. The Morgan fingerprint density at radius 2 is 2.06 bits per heavy atom. The molecule has 0 aliphatic heterocycles. The van der Waals surface area contributed by atoms with Crippen molar-refractivity contribution in [2.45, 2.75) is 13.2 Å². The Morgan fingerprint density at radius 1 is 1.31 bits per heavy atom. The van der Waals surface area contributed by atoms with Crippen LogP contribution in [-0.2, 0) is 13.2 Å². The molecule has 1 heterocycles. The monoisotopic (exact) mass is 222 g/mol. The number of nitrogens with zero attached hydrogens (tertiary/aromatic N) is 1. The number of aromatic nitrogens is 1. The topological polar surface area (TPSA) is 99.4 Å². The third-order valence-electron chi connectivity index (χ3n) is 2.51. The molecular formula is C10H10N2O4. The summed E-state index contributed by atoms with van der Waals surface area (Å²) in [6, 6.07) is 4.59. The predicted octanol–water partition coefficient (Wildman–Crippen LogP) is 1.06. The molecule has 6 heteroatoms. The molecule has 0 bridgehead atoms. The average molecular weight is 222 g/mol. The predicted molar refractivity (Wildman–Crippen MR) is 56.8 cm³/mol. The Hall–Kier alpha value is -1.92. The van der Waals surface area contributed by atoms with E-state index < -0.39 is 4.92 Å². The van der Waals surface area contributed by atoms with Crippen molar-refractivity contribution < 1.29 is 15.1 Å².